The second-order valence-corrected chi connectivity index (χ2v) is 5.53. The van der Waals surface area contributed by atoms with Crippen LogP contribution in [0, 0.1) is 0 Å². The minimum atomic E-state index is -0.401. The molecule has 0 aromatic heterocycles. The van der Waals surface area contributed by atoms with E-state index in [9.17, 15) is 14.4 Å². The van der Waals surface area contributed by atoms with Crippen molar-refractivity contribution in [1.29, 1.82) is 0 Å². The summed E-state index contributed by atoms with van der Waals surface area (Å²) >= 11 is 0. The third-order valence-corrected chi connectivity index (χ3v) is 3.92. The number of amides is 3. The Morgan fingerprint density at radius 1 is 1.09 bits per heavy atom. The van der Waals surface area contributed by atoms with Gasteiger partial charge in [-0.25, -0.2) is 0 Å². The van der Waals surface area contributed by atoms with Crippen molar-refractivity contribution in [3.05, 3.63) is 35.4 Å². The summed E-state index contributed by atoms with van der Waals surface area (Å²) in [5.74, 6) is -1.11. The summed E-state index contributed by atoms with van der Waals surface area (Å²) in [7, 11) is 0. The molecule has 0 unspecified atom stereocenters. The van der Waals surface area contributed by atoms with Gasteiger partial charge in [0.2, 0.25) is 5.91 Å². The van der Waals surface area contributed by atoms with Gasteiger partial charge in [0.15, 0.2) is 0 Å². The molecule has 1 heterocycles. The van der Waals surface area contributed by atoms with Gasteiger partial charge in [-0.2, -0.15) is 0 Å². The zero-order chi connectivity index (χ0) is 16.8. The van der Waals surface area contributed by atoms with Crippen LogP contribution in [-0.2, 0) is 4.79 Å². The summed E-state index contributed by atoms with van der Waals surface area (Å²) in [6.07, 6.45) is 1.07. The summed E-state index contributed by atoms with van der Waals surface area (Å²) in [5.41, 5.74) is 0.732. The van der Waals surface area contributed by atoms with Gasteiger partial charge in [0.25, 0.3) is 11.8 Å². The predicted molar refractivity (Wildman–Crippen MR) is 87.2 cm³/mol. The minimum absolute atomic E-state index is 0.230. The molecule has 1 aliphatic rings. The topological polar surface area (TPSA) is 69.7 Å². The summed E-state index contributed by atoms with van der Waals surface area (Å²) in [4.78, 5) is 39.6. The maximum Gasteiger partial charge on any atom is 0.262 e. The van der Waals surface area contributed by atoms with E-state index in [-0.39, 0.29) is 12.5 Å². The maximum atomic E-state index is 12.2. The number of nitrogens with zero attached hydrogens (tertiary/aromatic N) is 2. The predicted octanol–water partition coefficient (Wildman–Crippen LogP) is 1.13. The molecule has 2 rings (SSSR count). The molecule has 1 aromatic rings. The van der Waals surface area contributed by atoms with E-state index in [0.29, 0.717) is 17.7 Å². The van der Waals surface area contributed by atoms with E-state index >= 15 is 0 Å². The van der Waals surface area contributed by atoms with Crippen LogP contribution in [0.2, 0.25) is 0 Å². The molecular weight excluding hydrogens is 294 g/mol. The van der Waals surface area contributed by atoms with Crippen LogP contribution in [0.15, 0.2) is 24.3 Å². The highest BCUT2D eigenvalue weighted by Crippen LogP contribution is 2.21. The van der Waals surface area contributed by atoms with Crippen LogP contribution < -0.4 is 5.32 Å². The van der Waals surface area contributed by atoms with Gasteiger partial charge in [-0.15, -0.1) is 0 Å². The van der Waals surface area contributed by atoms with Gasteiger partial charge in [-0.05, 0) is 31.6 Å². The highest BCUT2D eigenvalue weighted by atomic mass is 16.2. The first-order valence-corrected chi connectivity index (χ1v) is 8.02. The fourth-order valence-electron chi connectivity index (χ4n) is 2.68. The van der Waals surface area contributed by atoms with E-state index in [1.165, 1.54) is 0 Å². The summed E-state index contributed by atoms with van der Waals surface area (Å²) in [5, 5.41) is 2.77. The van der Waals surface area contributed by atoms with Crippen LogP contribution in [0.4, 0.5) is 0 Å². The molecule has 0 atom stereocenters. The number of imide groups is 1. The van der Waals surface area contributed by atoms with E-state index in [0.717, 1.165) is 31.0 Å². The highest BCUT2D eigenvalue weighted by Gasteiger charge is 2.36. The van der Waals surface area contributed by atoms with E-state index in [1.807, 2.05) is 0 Å². The monoisotopic (exact) mass is 317 g/mol. The van der Waals surface area contributed by atoms with Crippen molar-refractivity contribution in [1.82, 2.24) is 15.1 Å². The number of hydrogen-bond donors (Lipinski definition) is 1. The molecule has 0 saturated heterocycles. The molecule has 0 saturated carbocycles. The molecule has 3 amide bonds. The second kappa shape index (κ2) is 7.87. The first kappa shape index (κ1) is 17.1. The first-order valence-electron chi connectivity index (χ1n) is 8.02. The largest absolute Gasteiger partial charge is 0.353 e. The van der Waals surface area contributed by atoms with E-state index in [4.69, 9.17) is 0 Å². The van der Waals surface area contributed by atoms with E-state index < -0.39 is 11.8 Å². The van der Waals surface area contributed by atoms with Gasteiger partial charge in [-0.3, -0.25) is 19.3 Å². The lowest BCUT2D eigenvalue weighted by atomic mass is 10.1. The van der Waals surface area contributed by atoms with Crippen LogP contribution in [0.5, 0.6) is 0 Å². The lowest BCUT2D eigenvalue weighted by Gasteiger charge is -2.20. The van der Waals surface area contributed by atoms with Gasteiger partial charge < -0.3 is 10.2 Å². The average molecular weight is 317 g/mol. The molecule has 23 heavy (non-hydrogen) atoms. The lowest BCUT2D eigenvalue weighted by molar-refractivity contribution is -0.121. The Morgan fingerprint density at radius 2 is 1.70 bits per heavy atom. The van der Waals surface area contributed by atoms with Crippen molar-refractivity contribution >= 4 is 17.7 Å². The number of likely N-dealkylation sites (N-methyl/N-ethyl adjacent to an activating group) is 1. The number of hydrogen-bond acceptors (Lipinski definition) is 4. The van der Waals surface area contributed by atoms with Crippen LogP contribution in [0.3, 0.4) is 0 Å². The highest BCUT2D eigenvalue weighted by molar-refractivity contribution is 6.22. The third kappa shape index (κ3) is 3.96. The summed E-state index contributed by atoms with van der Waals surface area (Å²) in [6.45, 7) is 7.16. The number of fused-ring (bicyclic) bond motifs is 1. The first-order chi connectivity index (χ1) is 11.1. The molecular formula is C17H23N3O3. The van der Waals surface area contributed by atoms with Crippen LogP contribution in [0.25, 0.3) is 0 Å². The zero-order valence-electron chi connectivity index (χ0n) is 13.7. The molecule has 1 aromatic carbocycles. The van der Waals surface area contributed by atoms with E-state index in [1.54, 1.807) is 24.3 Å². The molecule has 0 aliphatic carbocycles. The Hall–Kier alpha value is -2.21. The van der Waals surface area contributed by atoms with Gasteiger partial charge >= 0.3 is 0 Å². The van der Waals surface area contributed by atoms with Crippen LogP contribution >= 0.6 is 0 Å². The molecule has 0 radical (unpaired) electrons. The van der Waals surface area contributed by atoms with Crippen molar-refractivity contribution in [3.63, 3.8) is 0 Å². The summed E-state index contributed by atoms with van der Waals surface area (Å²) < 4.78 is 0. The molecule has 1 N–H and O–H groups in total. The third-order valence-electron chi connectivity index (χ3n) is 3.92. The molecule has 6 nitrogen and oxygen atoms in total. The van der Waals surface area contributed by atoms with Gasteiger partial charge in [-0.1, -0.05) is 26.0 Å². The van der Waals surface area contributed by atoms with Crippen LogP contribution in [-0.4, -0.2) is 60.2 Å². The lowest BCUT2D eigenvalue weighted by Crippen LogP contribution is -2.42. The maximum absolute atomic E-state index is 12.2. The van der Waals surface area contributed by atoms with Crippen molar-refractivity contribution in [3.8, 4) is 0 Å². The van der Waals surface area contributed by atoms with Crippen molar-refractivity contribution < 1.29 is 14.4 Å². The van der Waals surface area contributed by atoms with Gasteiger partial charge in [0.05, 0.1) is 11.1 Å². The molecule has 6 heteroatoms. The SMILES string of the molecule is CCCN(CC)CCNC(=O)CN1C(=O)c2ccccc2C1=O. The fourth-order valence-corrected chi connectivity index (χ4v) is 2.68. The fraction of sp³-hybridized carbons (Fsp3) is 0.471. The Labute approximate surface area is 136 Å². The van der Waals surface area contributed by atoms with Crippen molar-refractivity contribution in [2.45, 2.75) is 20.3 Å². The normalized spacial score (nSPS) is 13.6. The number of nitrogens with one attached hydrogen (secondary N) is 1. The smallest absolute Gasteiger partial charge is 0.262 e. The number of benzene rings is 1. The molecule has 124 valence electrons. The number of carbonyl (C=O) groups is 3. The Kier molecular flexibility index (Phi) is 5.87. The Bertz CT molecular complexity index is 566. The zero-order valence-corrected chi connectivity index (χ0v) is 13.7. The molecule has 1 aliphatic heterocycles. The van der Waals surface area contributed by atoms with Gasteiger partial charge in [0, 0.05) is 13.1 Å². The van der Waals surface area contributed by atoms with Crippen LogP contribution in [0.1, 0.15) is 41.0 Å². The standard InChI is InChI=1S/C17H23N3O3/c1-3-10-19(4-2)11-9-18-15(21)12-20-16(22)13-7-5-6-8-14(13)17(20)23/h5-8H,3-4,9-12H2,1-2H3,(H,18,21). The second-order valence-electron chi connectivity index (χ2n) is 5.53. The Morgan fingerprint density at radius 3 is 2.22 bits per heavy atom. The number of carbonyl (C=O) groups excluding carboxylic acids is 3. The minimum Gasteiger partial charge on any atom is -0.353 e. The average Bonchev–Trinajstić information content (AvgIpc) is 2.79. The van der Waals surface area contributed by atoms with Crippen molar-refractivity contribution in [2.75, 3.05) is 32.7 Å². The molecule has 0 fully saturated rings. The molecule has 0 bridgehead atoms. The van der Waals surface area contributed by atoms with E-state index in [2.05, 4.69) is 24.1 Å². The number of rotatable bonds is 8. The molecule has 0 spiro atoms. The quantitative estimate of drug-likeness (QED) is 0.730. The van der Waals surface area contributed by atoms with Crippen molar-refractivity contribution in [2.24, 2.45) is 0 Å². The summed E-state index contributed by atoms with van der Waals surface area (Å²) in [6, 6.07) is 6.63. The Balaban J connectivity index is 1.85. The van der Waals surface area contributed by atoms with Gasteiger partial charge in [0.1, 0.15) is 6.54 Å².